The lowest BCUT2D eigenvalue weighted by Gasteiger charge is -2.19. The lowest BCUT2D eigenvalue weighted by Crippen LogP contribution is -2.37. The summed E-state index contributed by atoms with van der Waals surface area (Å²) in [6, 6.07) is 2.81. The zero-order chi connectivity index (χ0) is 13.0. The average molecular weight is 239 g/mol. The van der Waals surface area contributed by atoms with Gasteiger partial charge in [0.1, 0.15) is 6.54 Å². The second-order valence-corrected chi connectivity index (χ2v) is 4.05. The average Bonchev–Trinajstić information content (AvgIpc) is 2.22. The van der Waals surface area contributed by atoms with Crippen LogP contribution in [0.4, 0.5) is 5.69 Å². The molecule has 0 saturated heterocycles. The summed E-state index contributed by atoms with van der Waals surface area (Å²) in [6.45, 7) is 1.75. The van der Waals surface area contributed by atoms with E-state index in [9.17, 15) is 9.59 Å². The number of hydrogen-bond donors (Lipinski definition) is 2. The van der Waals surface area contributed by atoms with Crippen LogP contribution in [-0.4, -0.2) is 40.2 Å². The molecule has 0 fully saturated rings. The lowest BCUT2D eigenvalue weighted by molar-refractivity contribution is -0.131. The largest absolute Gasteiger partial charge is 0.398 e. The highest BCUT2D eigenvalue weighted by Gasteiger charge is 2.12. The van der Waals surface area contributed by atoms with Crippen molar-refractivity contribution < 1.29 is 9.90 Å². The van der Waals surface area contributed by atoms with Gasteiger partial charge in [0.15, 0.2) is 0 Å². The molecule has 0 aliphatic rings. The van der Waals surface area contributed by atoms with Gasteiger partial charge in [0.05, 0.1) is 6.10 Å². The van der Waals surface area contributed by atoms with Crippen LogP contribution in [0.5, 0.6) is 0 Å². The van der Waals surface area contributed by atoms with Crippen LogP contribution >= 0.6 is 0 Å². The van der Waals surface area contributed by atoms with Crippen LogP contribution < -0.4 is 11.3 Å². The van der Waals surface area contributed by atoms with Crippen LogP contribution in [0.2, 0.25) is 0 Å². The number of aliphatic hydroxyl groups is 1. The van der Waals surface area contributed by atoms with Gasteiger partial charge in [-0.3, -0.25) is 9.59 Å². The van der Waals surface area contributed by atoms with E-state index in [2.05, 4.69) is 0 Å². The Labute approximate surface area is 99.3 Å². The molecule has 0 bridgehead atoms. The third-order valence-electron chi connectivity index (χ3n) is 2.28. The standard InChI is InChI=1S/C11H17N3O3/c1-8(15)5-13(2)11(17)7-14-6-9(12)3-4-10(14)16/h3-4,6,8,15H,5,7,12H2,1-2H3. The summed E-state index contributed by atoms with van der Waals surface area (Å²) < 4.78 is 1.25. The van der Waals surface area contributed by atoms with Crippen molar-refractivity contribution in [1.82, 2.24) is 9.47 Å². The number of hydrogen-bond acceptors (Lipinski definition) is 4. The fourth-order valence-corrected chi connectivity index (χ4v) is 1.44. The molecule has 3 N–H and O–H groups in total. The maximum Gasteiger partial charge on any atom is 0.251 e. The number of amides is 1. The zero-order valence-corrected chi connectivity index (χ0v) is 9.96. The lowest BCUT2D eigenvalue weighted by atomic mass is 10.3. The Morgan fingerprint density at radius 3 is 2.82 bits per heavy atom. The molecule has 6 nitrogen and oxygen atoms in total. The van der Waals surface area contributed by atoms with Crippen LogP contribution in [0.1, 0.15) is 6.92 Å². The molecule has 94 valence electrons. The Kier molecular flexibility index (Phi) is 4.28. The van der Waals surface area contributed by atoms with E-state index in [1.165, 1.54) is 27.8 Å². The van der Waals surface area contributed by atoms with E-state index in [1.54, 1.807) is 14.0 Å². The minimum absolute atomic E-state index is 0.0763. The van der Waals surface area contributed by atoms with Crippen LogP contribution in [0.15, 0.2) is 23.1 Å². The summed E-state index contributed by atoms with van der Waals surface area (Å²) >= 11 is 0. The summed E-state index contributed by atoms with van der Waals surface area (Å²) in [6.07, 6.45) is 0.831. The number of aromatic nitrogens is 1. The number of nitrogens with two attached hydrogens (primary N) is 1. The van der Waals surface area contributed by atoms with Gasteiger partial charge in [0.2, 0.25) is 5.91 Å². The first-order valence-electron chi connectivity index (χ1n) is 5.28. The second kappa shape index (κ2) is 5.49. The van der Waals surface area contributed by atoms with E-state index in [4.69, 9.17) is 10.8 Å². The number of likely N-dealkylation sites (N-methyl/N-ethyl adjacent to an activating group) is 1. The van der Waals surface area contributed by atoms with Crippen molar-refractivity contribution in [3.05, 3.63) is 28.7 Å². The van der Waals surface area contributed by atoms with Crippen molar-refractivity contribution in [2.45, 2.75) is 19.6 Å². The number of nitrogen functional groups attached to an aromatic ring is 1. The highest BCUT2D eigenvalue weighted by Crippen LogP contribution is 1.97. The molecule has 1 atom stereocenters. The van der Waals surface area contributed by atoms with Gasteiger partial charge >= 0.3 is 0 Å². The minimum Gasteiger partial charge on any atom is -0.398 e. The van der Waals surface area contributed by atoms with Crippen molar-refractivity contribution in [3.8, 4) is 0 Å². The summed E-state index contributed by atoms with van der Waals surface area (Å²) in [5.74, 6) is -0.251. The molecule has 0 aliphatic heterocycles. The third kappa shape index (κ3) is 3.92. The van der Waals surface area contributed by atoms with Crippen LogP contribution in [0, 0.1) is 0 Å². The first-order chi connectivity index (χ1) is 7.90. The summed E-state index contributed by atoms with van der Waals surface area (Å²) in [5.41, 5.74) is 5.68. The Balaban J connectivity index is 2.74. The number of aliphatic hydroxyl groups excluding tert-OH is 1. The highest BCUT2D eigenvalue weighted by atomic mass is 16.3. The highest BCUT2D eigenvalue weighted by molar-refractivity contribution is 5.75. The van der Waals surface area contributed by atoms with Gasteiger partial charge in [-0.2, -0.15) is 0 Å². The van der Waals surface area contributed by atoms with E-state index >= 15 is 0 Å². The van der Waals surface area contributed by atoms with E-state index in [-0.39, 0.29) is 24.6 Å². The molecule has 1 aromatic heterocycles. The molecule has 0 aliphatic carbocycles. The number of carbonyl (C=O) groups is 1. The van der Waals surface area contributed by atoms with E-state index in [1.807, 2.05) is 0 Å². The topological polar surface area (TPSA) is 88.6 Å². The van der Waals surface area contributed by atoms with E-state index < -0.39 is 6.10 Å². The molecule has 1 rings (SSSR count). The molecule has 0 aromatic carbocycles. The maximum atomic E-state index is 11.7. The van der Waals surface area contributed by atoms with Crippen molar-refractivity contribution in [1.29, 1.82) is 0 Å². The van der Waals surface area contributed by atoms with Crippen molar-refractivity contribution in [2.75, 3.05) is 19.3 Å². The minimum atomic E-state index is -0.596. The molecule has 1 amide bonds. The SMILES string of the molecule is CC(O)CN(C)C(=O)Cn1cc(N)ccc1=O. The Hall–Kier alpha value is -1.82. The van der Waals surface area contributed by atoms with Gasteiger partial charge in [-0.1, -0.05) is 0 Å². The predicted octanol–water partition coefficient (Wildman–Crippen LogP) is -0.730. The van der Waals surface area contributed by atoms with Crippen molar-refractivity contribution in [3.63, 3.8) is 0 Å². The van der Waals surface area contributed by atoms with E-state index in [0.717, 1.165) is 0 Å². The summed E-state index contributed by atoms with van der Waals surface area (Å²) in [5, 5.41) is 9.15. The number of nitrogens with zero attached hydrogens (tertiary/aromatic N) is 2. The first-order valence-corrected chi connectivity index (χ1v) is 5.28. The molecule has 0 saturated carbocycles. The molecule has 1 unspecified atom stereocenters. The van der Waals surface area contributed by atoms with Crippen molar-refractivity contribution in [2.24, 2.45) is 0 Å². The smallest absolute Gasteiger partial charge is 0.251 e. The fraction of sp³-hybridized carbons (Fsp3) is 0.455. The van der Waals surface area contributed by atoms with Gasteiger partial charge < -0.3 is 20.3 Å². The third-order valence-corrected chi connectivity index (χ3v) is 2.28. The number of carbonyl (C=O) groups excluding carboxylic acids is 1. The number of anilines is 1. The Bertz CT molecular complexity index is 454. The molecular weight excluding hydrogens is 222 g/mol. The number of rotatable bonds is 4. The number of pyridine rings is 1. The Morgan fingerprint density at radius 1 is 1.59 bits per heavy atom. The van der Waals surface area contributed by atoms with Gasteiger partial charge in [0.25, 0.3) is 5.56 Å². The molecular formula is C11H17N3O3. The summed E-state index contributed by atoms with van der Waals surface area (Å²) in [4.78, 5) is 24.5. The van der Waals surface area contributed by atoms with Gasteiger partial charge in [-0.05, 0) is 13.0 Å². The van der Waals surface area contributed by atoms with Gasteiger partial charge in [-0.15, -0.1) is 0 Å². The van der Waals surface area contributed by atoms with Crippen molar-refractivity contribution >= 4 is 11.6 Å². The quantitative estimate of drug-likeness (QED) is 0.725. The zero-order valence-electron chi connectivity index (χ0n) is 9.96. The predicted molar refractivity (Wildman–Crippen MR) is 64.4 cm³/mol. The van der Waals surface area contributed by atoms with Crippen LogP contribution in [0.25, 0.3) is 0 Å². The van der Waals surface area contributed by atoms with Gasteiger partial charge in [-0.25, -0.2) is 0 Å². The normalized spacial score (nSPS) is 12.2. The fourth-order valence-electron chi connectivity index (χ4n) is 1.44. The molecule has 0 spiro atoms. The molecule has 17 heavy (non-hydrogen) atoms. The van der Waals surface area contributed by atoms with Crippen LogP contribution in [-0.2, 0) is 11.3 Å². The molecule has 6 heteroatoms. The first kappa shape index (κ1) is 13.2. The second-order valence-electron chi connectivity index (χ2n) is 4.05. The summed E-state index contributed by atoms with van der Waals surface area (Å²) in [7, 11) is 1.58. The monoisotopic (exact) mass is 239 g/mol. The van der Waals surface area contributed by atoms with E-state index in [0.29, 0.717) is 5.69 Å². The molecule has 1 heterocycles. The Morgan fingerprint density at radius 2 is 2.24 bits per heavy atom. The molecule has 1 aromatic rings. The van der Waals surface area contributed by atoms with Crippen LogP contribution in [0.3, 0.4) is 0 Å². The van der Waals surface area contributed by atoms with Gasteiger partial charge in [0, 0.05) is 31.5 Å². The maximum absolute atomic E-state index is 11.7. The molecule has 0 radical (unpaired) electrons.